The number of nitrogens with zero attached hydrogens (tertiary/aromatic N) is 4. The number of fused-ring (bicyclic) bond motifs is 2. The molecule has 10 aromatic rings. The fraction of sp³-hybridized carbons (Fsp3) is 0.0370. The molecule has 8 aromatic carbocycles. The predicted molar refractivity (Wildman–Crippen MR) is 270 cm³/mol. The molecule has 0 aliphatic heterocycles. The van der Waals surface area contributed by atoms with Crippen molar-refractivity contribution in [2.75, 3.05) is 10.6 Å². The Hall–Kier alpha value is -7.97. The summed E-state index contributed by atoms with van der Waals surface area (Å²) in [4.78, 5) is 26.3. The zero-order valence-electron chi connectivity index (χ0n) is 36.3. The average Bonchev–Trinajstić information content (AvgIpc) is 3.94. The number of carbonyl (C=O) groups excluding carboxylic acids is 2. The SMILES string of the molecule is Cc1cc(C(=O)Nc2ccc(-c3ccccc3)cc2)n(-c2ccc3ccccc3c2)n1.Cc1cc(C(=O)Nc2ccc(-c3ccccc3S(N)(=O)=O)cc2)n(-c2ccc3cc(Br)ccc3c2)n1. The highest BCUT2D eigenvalue weighted by atomic mass is 79.9. The molecular formula is C54H42BrN7O4S. The number of halogens is 1. The number of carbonyl (C=O) groups is 2. The van der Waals surface area contributed by atoms with E-state index in [0.717, 1.165) is 59.9 Å². The number of aromatic nitrogens is 4. The Kier molecular flexibility index (Phi) is 12.5. The molecule has 0 spiro atoms. The zero-order valence-corrected chi connectivity index (χ0v) is 38.7. The van der Waals surface area contributed by atoms with E-state index in [4.69, 9.17) is 5.14 Å². The first-order chi connectivity index (χ1) is 32.4. The molecule has 330 valence electrons. The van der Waals surface area contributed by atoms with Crippen LogP contribution in [0.4, 0.5) is 11.4 Å². The molecule has 67 heavy (non-hydrogen) atoms. The van der Waals surface area contributed by atoms with Crippen LogP contribution in [0.1, 0.15) is 32.4 Å². The maximum atomic E-state index is 13.2. The second-order valence-corrected chi connectivity index (χ2v) is 18.3. The minimum atomic E-state index is -3.87. The van der Waals surface area contributed by atoms with E-state index in [9.17, 15) is 18.0 Å². The molecule has 4 N–H and O–H groups in total. The van der Waals surface area contributed by atoms with Gasteiger partial charge < -0.3 is 10.6 Å². The van der Waals surface area contributed by atoms with E-state index in [1.165, 1.54) is 6.07 Å². The van der Waals surface area contributed by atoms with Crippen LogP contribution in [0.3, 0.4) is 0 Å². The molecule has 2 aromatic heterocycles. The van der Waals surface area contributed by atoms with Gasteiger partial charge in [-0.2, -0.15) is 10.2 Å². The molecule has 0 atom stereocenters. The summed E-state index contributed by atoms with van der Waals surface area (Å²) in [6.07, 6.45) is 0. The van der Waals surface area contributed by atoms with Gasteiger partial charge in [-0.3, -0.25) is 9.59 Å². The van der Waals surface area contributed by atoms with Gasteiger partial charge in [0.15, 0.2) is 0 Å². The largest absolute Gasteiger partial charge is 0.321 e. The van der Waals surface area contributed by atoms with Crippen molar-refractivity contribution >= 4 is 70.7 Å². The number of benzene rings is 8. The molecule has 10 rings (SSSR count). The van der Waals surface area contributed by atoms with E-state index in [2.05, 4.69) is 61.0 Å². The Morgan fingerprint density at radius 1 is 0.493 bits per heavy atom. The summed E-state index contributed by atoms with van der Waals surface area (Å²) in [5.74, 6) is -0.509. The van der Waals surface area contributed by atoms with Crippen LogP contribution in [0.25, 0.3) is 55.2 Å². The number of sulfonamides is 1. The Labute approximate surface area is 395 Å². The Bertz CT molecular complexity index is 3570. The quantitative estimate of drug-likeness (QED) is 0.131. The molecule has 2 amide bonds. The van der Waals surface area contributed by atoms with E-state index < -0.39 is 10.0 Å². The summed E-state index contributed by atoms with van der Waals surface area (Å²) < 4.78 is 28.2. The van der Waals surface area contributed by atoms with Gasteiger partial charge in [0, 0.05) is 21.4 Å². The highest BCUT2D eigenvalue weighted by molar-refractivity contribution is 9.10. The standard InChI is InChI=1S/C27H21BrN4O3S.C27H21N3O/c1-17-14-25(32(31-17)23-13-9-19-15-21(28)10-6-20(19)16-23)27(33)30-22-11-7-18(8-12-22)24-4-2-3-5-26(24)36(29,34)35;1-19-17-26(30(29-19)25-16-13-21-9-5-6-10-23(21)18-25)27(31)28-24-14-11-22(12-15-24)20-7-3-2-4-8-20/h2-16H,1H3,(H,30,33)(H2,29,34,35);2-18H,1H3,(H,28,31). The molecule has 0 bridgehead atoms. The van der Waals surface area contributed by atoms with E-state index >= 15 is 0 Å². The van der Waals surface area contributed by atoms with Crippen molar-refractivity contribution in [2.45, 2.75) is 18.7 Å². The van der Waals surface area contributed by atoms with Crippen molar-refractivity contribution in [1.29, 1.82) is 0 Å². The van der Waals surface area contributed by atoms with Crippen LogP contribution in [0.15, 0.2) is 203 Å². The summed E-state index contributed by atoms with van der Waals surface area (Å²) in [7, 11) is -3.87. The minimum Gasteiger partial charge on any atom is -0.321 e. The minimum absolute atomic E-state index is 0.0453. The number of primary sulfonamides is 1. The molecule has 0 radical (unpaired) electrons. The first kappa shape index (κ1) is 44.2. The number of hydrogen-bond donors (Lipinski definition) is 3. The number of anilines is 2. The first-order valence-electron chi connectivity index (χ1n) is 21.2. The topological polar surface area (TPSA) is 154 Å². The lowest BCUT2D eigenvalue weighted by Crippen LogP contribution is -2.17. The normalized spacial score (nSPS) is 11.2. The number of amides is 2. The van der Waals surface area contributed by atoms with Crippen LogP contribution >= 0.6 is 15.9 Å². The maximum absolute atomic E-state index is 13.2. The monoisotopic (exact) mass is 963 g/mol. The number of nitrogens with one attached hydrogen (secondary N) is 2. The van der Waals surface area contributed by atoms with Gasteiger partial charge in [0.2, 0.25) is 10.0 Å². The van der Waals surface area contributed by atoms with Gasteiger partial charge in [-0.25, -0.2) is 22.9 Å². The number of nitrogens with two attached hydrogens (primary N) is 1. The fourth-order valence-electron chi connectivity index (χ4n) is 7.81. The van der Waals surface area contributed by atoms with Crippen LogP contribution in [-0.4, -0.2) is 39.8 Å². The van der Waals surface area contributed by atoms with Gasteiger partial charge in [-0.05, 0) is 131 Å². The molecule has 0 saturated carbocycles. The molecule has 2 heterocycles. The van der Waals surface area contributed by atoms with E-state index in [0.29, 0.717) is 33.9 Å². The van der Waals surface area contributed by atoms with Gasteiger partial charge in [-0.1, -0.05) is 131 Å². The van der Waals surface area contributed by atoms with Crippen molar-refractivity contribution in [3.8, 4) is 33.6 Å². The summed E-state index contributed by atoms with van der Waals surface area (Å²) in [6.45, 7) is 3.73. The third-order valence-corrected chi connectivity index (χ3v) is 12.5. The van der Waals surface area contributed by atoms with Crippen molar-refractivity contribution in [2.24, 2.45) is 5.14 Å². The highest BCUT2D eigenvalue weighted by Gasteiger charge is 2.19. The molecule has 0 saturated heterocycles. The molecule has 0 aliphatic carbocycles. The fourth-order valence-corrected chi connectivity index (χ4v) is 8.95. The maximum Gasteiger partial charge on any atom is 0.274 e. The molecule has 13 heteroatoms. The van der Waals surface area contributed by atoms with Gasteiger partial charge in [0.05, 0.1) is 27.7 Å². The molecule has 0 fully saturated rings. The molecular weight excluding hydrogens is 923 g/mol. The first-order valence-corrected chi connectivity index (χ1v) is 23.5. The van der Waals surface area contributed by atoms with Crippen LogP contribution in [-0.2, 0) is 10.0 Å². The predicted octanol–water partition coefficient (Wildman–Crippen LogP) is 11.9. The third kappa shape index (κ3) is 9.99. The van der Waals surface area contributed by atoms with Crippen molar-refractivity contribution in [3.63, 3.8) is 0 Å². The van der Waals surface area contributed by atoms with E-state index in [1.54, 1.807) is 57.9 Å². The smallest absolute Gasteiger partial charge is 0.274 e. The van der Waals surface area contributed by atoms with E-state index in [1.807, 2.05) is 129 Å². The van der Waals surface area contributed by atoms with Gasteiger partial charge >= 0.3 is 0 Å². The third-order valence-electron chi connectivity index (χ3n) is 11.0. The summed E-state index contributed by atoms with van der Waals surface area (Å²) >= 11 is 3.49. The number of aryl methyl sites for hydroxylation is 2. The molecule has 0 unspecified atom stereocenters. The Morgan fingerprint density at radius 3 is 1.52 bits per heavy atom. The zero-order chi connectivity index (χ0) is 46.7. The van der Waals surface area contributed by atoms with Gasteiger partial charge in [0.1, 0.15) is 11.4 Å². The van der Waals surface area contributed by atoms with Gasteiger partial charge in [0.25, 0.3) is 11.8 Å². The lowest BCUT2D eigenvalue weighted by Gasteiger charge is -2.11. The van der Waals surface area contributed by atoms with E-state index in [-0.39, 0.29) is 16.7 Å². The van der Waals surface area contributed by atoms with Crippen LogP contribution in [0.2, 0.25) is 0 Å². The Balaban J connectivity index is 0.000000170. The Morgan fingerprint density at radius 2 is 0.940 bits per heavy atom. The van der Waals surface area contributed by atoms with Gasteiger partial charge in [-0.15, -0.1) is 0 Å². The summed E-state index contributed by atoms with van der Waals surface area (Å²) in [6, 6.07) is 61.2. The highest BCUT2D eigenvalue weighted by Crippen LogP contribution is 2.29. The van der Waals surface area contributed by atoms with Crippen molar-refractivity contribution in [3.05, 3.63) is 221 Å². The lowest BCUT2D eigenvalue weighted by molar-refractivity contribution is 0.101. The average molecular weight is 965 g/mol. The van der Waals surface area contributed by atoms with Crippen LogP contribution in [0, 0.1) is 13.8 Å². The number of rotatable bonds is 9. The lowest BCUT2D eigenvalue weighted by atomic mass is 10.1. The summed E-state index contributed by atoms with van der Waals surface area (Å²) in [5.41, 5.74) is 8.75. The molecule has 11 nitrogen and oxygen atoms in total. The molecule has 0 aliphatic rings. The second-order valence-electron chi connectivity index (χ2n) is 15.8. The van der Waals surface area contributed by atoms with Crippen LogP contribution < -0.4 is 15.8 Å². The van der Waals surface area contributed by atoms with Crippen molar-refractivity contribution < 1.29 is 18.0 Å². The van der Waals surface area contributed by atoms with Crippen molar-refractivity contribution in [1.82, 2.24) is 19.6 Å². The summed E-state index contributed by atoms with van der Waals surface area (Å²) in [5, 5.41) is 24.7. The number of hydrogen-bond acceptors (Lipinski definition) is 6. The van der Waals surface area contributed by atoms with Crippen LogP contribution in [0.5, 0.6) is 0 Å². The second kappa shape index (κ2) is 18.9.